The van der Waals surface area contributed by atoms with Crippen LogP contribution in [0.4, 0.5) is 0 Å². The number of hydrogen-bond donors (Lipinski definition) is 2. The molecule has 0 atom stereocenters. The summed E-state index contributed by atoms with van der Waals surface area (Å²) >= 11 is 0. The first-order valence-electron chi connectivity index (χ1n) is 12.7. The molecule has 0 saturated carbocycles. The molecule has 0 aliphatic heterocycles. The minimum Gasteiger partial charge on any atom is -0.478 e. The molecular weight excluding hydrogens is 500 g/mol. The Bertz CT molecular complexity index is 1620. The van der Waals surface area contributed by atoms with Crippen molar-refractivity contribution in [3.05, 3.63) is 139 Å². The van der Waals surface area contributed by atoms with E-state index in [4.69, 9.17) is 14.5 Å². The van der Waals surface area contributed by atoms with Gasteiger partial charge in [-0.15, -0.1) is 0 Å². The summed E-state index contributed by atoms with van der Waals surface area (Å²) in [5.74, 6) is 2.64. The van der Waals surface area contributed by atoms with Crippen molar-refractivity contribution in [2.45, 2.75) is 0 Å². The van der Waals surface area contributed by atoms with Gasteiger partial charge in [0.25, 0.3) is 0 Å². The number of carboxylic acids is 1. The van der Waals surface area contributed by atoms with Crippen LogP contribution in [0.3, 0.4) is 0 Å². The lowest BCUT2D eigenvalue weighted by atomic mass is 10.0. The van der Waals surface area contributed by atoms with E-state index in [0.717, 1.165) is 51.1 Å². The normalized spacial score (nSPS) is 10.7. The Morgan fingerprint density at radius 2 is 1.00 bits per heavy atom. The molecule has 0 aliphatic carbocycles. The van der Waals surface area contributed by atoms with E-state index in [1.807, 2.05) is 109 Å². The van der Waals surface area contributed by atoms with Crippen molar-refractivity contribution in [1.29, 1.82) is 0 Å². The molecule has 40 heavy (non-hydrogen) atoms. The van der Waals surface area contributed by atoms with E-state index in [9.17, 15) is 9.90 Å². The van der Waals surface area contributed by atoms with Gasteiger partial charge in [-0.05, 0) is 84.9 Å². The van der Waals surface area contributed by atoms with Gasteiger partial charge in [-0.2, -0.15) is 0 Å². The molecular formula is C34H24N2O4. The molecule has 6 nitrogen and oxygen atoms in total. The summed E-state index contributed by atoms with van der Waals surface area (Å²) in [5.41, 5.74) is 4.44. The van der Waals surface area contributed by atoms with Gasteiger partial charge in [0.05, 0.1) is 17.0 Å². The molecule has 2 N–H and O–H groups in total. The van der Waals surface area contributed by atoms with Gasteiger partial charge in [0.2, 0.25) is 0 Å². The number of ether oxygens (including phenoxy) is 2. The number of aromatic nitrogens is 2. The standard InChI is InChI=1S/C34H24N2O4/c37-34(38)26-13-11-25(12-14-26)33-35-31(23-15-19-29(20-16-23)39-27-7-3-1-4-8-27)32(36-33)24-17-21-30(22-18-24)40-28-9-5-2-6-10-28/h1-22H,(H,35,36)(H,37,38). The van der Waals surface area contributed by atoms with Crippen LogP contribution >= 0.6 is 0 Å². The highest BCUT2D eigenvalue weighted by Gasteiger charge is 2.16. The topological polar surface area (TPSA) is 84.4 Å². The van der Waals surface area contributed by atoms with Crippen molar-refractivity contribution in [2.75, 3.05) is 0 Å². The van der Waals surface area contributed by atoms with Gasteiger partial charge in [-0.3, -0.25) is 0 Å². The minimum atomic E-state index is -0.969. The summed E-state index contributed by atoms with van der Waals surface area (Å²) in [6.45, 7) is 0. The number of rotatable bonds is 8. The predicted octanol–water partition coefficient (Wildman–Crippen LogP) is 8.69. The lowest BCUT2D eigenvalue weighted by Crippen LogP contribution is -1.95. The number of benzene rings is 5. The highest BCUT2D eigenvalue weighted by molar-refractivity contribution is 5.88. The van der Waals surface area contributed by atoms with Gasteiger partial charge in [0.15, 0.2) is 0 Å². The van der Waals surface area contributed by atoms with E-state index < -0.39 is 5.97 Å². The van der Waals surface area contributed by atoms with Gasteiger partial charge < -0.3 is 19.6 Å². The number of nitrogens with zero attached hydrogens (tertiary/aromatic N) is 1. The number of H-pyrrole nitrogens is 1. The Balaban J connectivity index is 1.34. The molecule has 6 aromatic rings. The van der Waals surface area contributed by atoms with Crippen molar-refractivity contribution >= 4 is 5.97 Å². The van der Waals surface area contributed by atoms with Crippen LogP contribution in [0.5, 0.6) is 23.0 Å². The third kappa shape index (κ3) is 5.47. The van der Waals surface area contributed by atoms with Crippen LogP contribution in [0, 0.1) is 0 Å². The maximum atomic E-state index is 11.3. The van der Waals surface area contributed by atoms with E-state index in [2.05, 4.69) is 4.98 Å². The molecule has 6 heteroatoms. The van der Waals surface area contributed by atoms with Crippen LogP contribution in [-0.2, 0) is 0 Å². The Labute approximate surface area is 231 Å². The van der Waals surface area contributed by atoms with Crippen molar-refractivity contribution in [3.63, 3.8) is 0 Å². The molecule has 194 valence electrons. The fourth-order valence-corrected chi connectivity index (χ4v) is 4.32. The third-order valence-corrected chi connectivity index (χ3v) is 6.34. The number of imidazole rings is 1. The maximum Gasteiger partial charge on any atom is 0.335 e. The van der Waals surface area contributed by atoms with Crippen LogP contribution in [-0.4, -0.2) is 21.0 Å². The molecule has 1 heterocycles. The first kappa shape index (κ1) is 24.7. The molecule has 5 aromatic carbocycles. The number of aromatic amines is 1. The maximum absolute atomic E-state index is 11.3. The van der Waals surface area contributed by atoms with Crippen LogP contribution in [0.1, 0.15) is 10.4 Å². The molecule has 0 amide bonds. The number of carboxylic acid groups (broad SMARTS) is 1. The van der Waals surface area contributed by atoms with Crippen LogP contribution in [0.2, 0.25) is 0 Å². The zero-order chi connectivity index (χ0) is 27.3. The molecule has 0 saturated heterocycles. The second-order valence-corrected chi connectivity index (χ2v) is 9.07. The number of para-hydroxylation sites is 2. The third-order valence-electron chi connectivity index (χ3n) is 6.34. The molecule has 0 bridgehead atoms. The Kier molecular flexibility index (Phi) is 6.80. The number of aromatic carboxylic acids is 1. The fourth-order valence-electron chi connectivity index (χ4n) is 4.32. The average molecular weight is 525 g/mol. The van der Waals surface area contributed by atoms with Gasteiger partial charge >= 0.3 is 5.97 Å². The van der Waals surface area contributed by atoms with Crippen LogP contribution in [0.15, 0.2) is 133 Å². The monoisotopic (exact) mass is 524 g/mol. The summed E-state index contributed by atoms with van der Waals surface area (Å²) < 4.78 is 11.9. The smallest absolute Gasteiger partial charge is 0.335 e. The predicted molar refractivity (Wildman–Crippen MR) is 155 cm³/mol. The largest absolute Gasteiger partial charge is 0.478 e. The summed E-state index contributed by atoms with van der Waals surface area (Å²) in [4.78, 5) is 19.7. The highest BCUT2D eigenvalue weighted by Crippen LogP contribution is 2.35. The van der Waals surface area contributed by atoms with E-state index in [1.54, 1.807) is 24.3 Å². The lowest BCUT2D eigenvalue weighted by molar-refractivity contribution is 0.0697. The molecule has 0 unspecified atom stereocenters. The number of nitrogens with one attached hydrogen (secondary N) is 1. The van der Waals surface area contributed by atoms with Crippen molar-refractivity contribution in [2.24, 2.45) is 0 Å². The zero-order valence-corrected chi connectivity index (χ0v) is 21.3. The van der Waals surface area contributed by atoms with E-state index in [-0.39, 0.29) is 5.56 Å². The van der Waals surface area contributed by atoms with Crippen LogP contribution in [0.25, 0.3) is 33.9 Å². The van der Waals surface area contributed by atoms with E-state index in [1.165, 1.54) is 0 Å². The molecule has 0 radical (unpaired) electrons. The molecule has 0 aliphatic rings. The molecule has 1 aromatic heterocycles. The quantitative estimate of drug-likeness (QED) is 0.208. The lowest BCUT2D eigenvalue weighted by Gasteiger charge is -2.08. The second-order valence-electron chi connectivity index (χ2n) is 9.07. The van der Waals surface area contributed by atoms with Crippen LogP contribution < -0.4 is 9.47 Å². The molecule has 0 spiro atoms. The summed E-state index contributed by atoms with van der Waals surface area (Å²) in [5, 5.41) is 9.28. The van der Waals surface area contributed by atoms with Gasteiger partial charge in [-0.1, -0.05) is 48.5 Å². The zero-order valence-electron chi connectivity index (χ0n) is 21.3. The highest BCUT2D eigenvalue weighted by atomic mass is 16.5. The van der Waals surface area contributed by atoms with E-state index >= 15 is 0 Å². The van der Waals surface area contributed by atoms with Gasteiger partial charge in [0, 0.05) is 16.7 Å². The van der Waals surface area contributed by atoms with Crippen molar-refractivity contribution < 1.29 is 19.4 Å². The Hall–Kier alpha value is -5.62. The molecule has 0 fully saturated rings. The fraction of sp³-hybridized carbons (Fsp3) is 0. The van der Waals surface area contributed by atoms with Crippen molar-refractivity contribution in [1.82, 2.24) is 9.97 Å². The first-order valence-corrected chi connectivity index (χ1v) is 12.7. The SMILES string of the molecule is O=C(O)c1ccc(-c2nc(-c3ccc(Oc4ccccc4)cc3)c(-c3ccc(Oc4ccccc4)cc3)[nH]2)cc1. The molecule has 6 rings (SSSR count). The minimum absolute atomic E-state index is 0.221. The Morgan fingerprint density at radius 3 is 1.50 bits per heavy atom. The Morgan fingerprint density at radius 1 is 0.550 bits per heavy atom. The number of hydrogen-bond acceptors (Lipinski definition) is 4. The van der Waals surface area contributed by atoms with Crippen molar-refractivity contribution in [3.8, 4) is 56.9 Å². The van der Waals surface area contributed by atoms with E-state index in [0.29, 0.717) is 5.82 Å². The average Bonchev–Trinajstić information content (AvgIpc) is 3.45. The van der Waals surface area contributed by atoms with Gasteiger partial charge in [-0.25, -0.2) is 9.78 Å². The number of carbonyl (C=O) groups is 1. The first-order chi connectivity index (χ1) is 19.6. The summed E-state index contributed by atoms with van der Waals surface area (Å²) in [6.07, 6.45) is 0. The summed E-state index contributed by atoms with van der Waals surface area (Å²) in [7, 11) is 0. The second kappa shape index (κ2) is 11.0. The summed E-state index contributed by atoms with van der Waals surface area (Å²) in [6, 6.07) is 41.5. The van der Waals surface area contributed by atoms with Gasteiger partial charge in [0.1, 0.15) is 28.8 Å².